The normalized spacial score (nSPS) is 22.4. The van der Waals surface area contributed by atoms with Crippen molar-refractivity contribution in [3.05, 3.63) is 154 Å². The summed E-state index contributed by atoms with van der Waals surface area (Å²) in [6, 6.07) is 26.6. The summed E-state index contributed by atoms with van der Waals surface area (Å²) in [5.74, 6) is 0.401. The van der Waals surface area contributed by atoms with E-state index in [0.29, 0.717) is 5.92 Å². The molecule has 0 aliphatic heterocycles. The Morgan fingerprint density at radius 3 is 2.49 bits per heavy atom. The van der Waals surface area contributed by atoms with Crippen LogP contribution in [-0.2, 0) is 0 Å². The summed E-state index contributed by atoms with van der Waals surface area (Å²) in [6.07, 6.45) is 22.2. The Bertz CT molecular complexity index is 1960. The van der Waals surface area contributed by atoms with Crippen molar-refractivity contribution in [2.75, 3.05) is 4.90 Å². The molecule has 1 heterocycles. The molecule has 0 saturated heterocycles. The monoisotopic (exact) mass is 605 g/mol. The molecular formula is C43H43NS. The minimum Gasteiger partial charge on any atom is -0.335 e. The van der Waals surface area contributed by atoms with Gasteiger partial charge >= 0.3 is 0 Å². The number of rotatable bonds is 6. The van der Waals surface area contributed by atoms with Crippen LogP contribution in [0.4, 0.5) is 11.4 Å². The first-order chi connectivity index (χ1) is 21.7. The van der Waals surface area contributed by atoms with Crippen molar-refractivity contribution in [1.82, 2.24) is 0 Å². The average Bonchev–Trinajstić information content (AvgIpc) is 3.33. The van der Waals surface area contributed by atoms with Crippen LogP contribution in [0.5, 0.6) is 0 Å². The lowest BCUT2D eigenvalue weighted by Gasteiger charge is -2.44. The minimum absolute atomic E-state index is 0.0523. The van der Waals surface area contributed by atoms with Crippen LogP contribution in [0.15, 0.2) is 133 Å². The number of thiophene rings is 1. The summed E-state index contributed by atoms with van der Waals surface area (Å²) in [5, 5.41) is 1.38. The fourth-order valence-corrected chi connectivity index (χ4v) is 9.55. The summed E-state index contributed by atoms with van der Waals surface area (Å²) in [4.78, 5) is 3.96. The molecule has 0 spiro atoms. The molecule has 3 unspecified atom stereocenters. The van der Waals surface area contributed by atoms with Crippen molar-refractivity contribution in [1.29, 1.82) is 0 Å². The Hall–Kier alpha value is -4.14. The second kappa shape index (κ2) is 11.3. The highest BCUT2D eigenvalue weighted by Crippen LogP contribution is 2.68. The van der Waals surface area contributed by atoms with Gasteiger partial charge in [-0.25, -0.2) is 0 Å². The Balaban J connectivity index is 1.28. The summed E-state index contributed by atoms with van der Waals surface area (Å²) in [6.45, 7) is 14.0. The first-order valence-electron chi connectivity index (χ1n) is 16.3. The van der Waals surface area contributed by atoms with Crippen LogP contribution in [-0.4, -0.2) is 6.04 Å². The van der Waals surface area contributed by atoms with Crippen molar-refractivity contribution in [2.45, 2.75) is 59.9 Å². The lowest BCUT2D eigenvalue weighted by Crippen LogP contribution is -2.35. The minimum atomic E-state index is 0.0523. The van der Waals surface area contributed by atoms with Gasteiger partial charge in [0.15, 0.2) is 0 Å². The van der Waals surface area contributed by atoms with Gasteiger partial charge in [0, 0.05) is 43.7 Å². The van der Waals surface area contributed by atoms with E-state index in [4.69, 9.17) is 0 Å². The molecule has 3 aliphatic rings. The van der Waals surface area contributed by atoms with E-state index in [9.17, 15) is 0 Å². The number of allylic oxidation sites excluding steroid dienone is 10. The first-order valence-corrected chi connectivity index (χ1v) is 17.1. The number of hydrogen-bond donors (Lipinski definition) is 0. The predicted octanol–water partition coefficient (Wildman–Crippen LogP) is 12.4. The molecule has 3 aromatic carbocycles. The standard InChI is InChI=1S/C43H43NS/c1-7-31(25-24-30(3)44(32-17-10-8-11-18-32)33-19-14-16-29(2)28-33)34-21-15-22-35-36-26-27-43(6)39(41(36)45-40(34)35)37-20-12-9-13-23-38(37)42(43,4)5/h7-19,21-28,30,39H,20H2,1-6H3/b25-24-,31-7+. The van der Waals surface area contributed by atoms with Crippen molar-refractivity contribution >= 4 is 44.4 Å². The van der Waals surface area contributed by atoms with Gasteiger partial charge in [-0.05, 0) is 84.7 Å². The van der Waals surface area contributed by atoms with Crippen LogP contribution in [0.3, 0.4) is 0 Å². The highest BCUT2D eigenvalue weighted by atomic mass is 32.1. The van der Waals surface area contributed by atoms with E-state index >= 15 is 0 Å². The summed E-state index contributed by atoms with van der Waals surface area (Å²) in [7, 11) is 0. The van der Waals surface area contributed by atoms with Gasteiger partial charge in [0.25, 0.3) is 0 Å². The number of para-hydroxylation sites is 1. The van der Waals surface area contributed by atoms with Gasteiger partial charge in [0.2, 0.25) is 0 Å². The van der Waals surface area contributed by atoms with Crippen LogP contribution >= 0.6 is 11.3 Å². The number of fused-ring (bicyclic) bond motifs is 6. The predicted molar refractivity (Wildman–Crippen MR) is 197 cm³/mol. The second-order valence-electron chi connectivity index (χ2n) is 13.6. The topological polar surface area (TPSA) is 3.24 Å². The van der Waals surface area contributed by atoms with E-state index in [1.54, 1.807) is 5.57 Å². The summed E-state index contributed by atoms with van der Waals surface area (Å²) < 4.78 is 1.40. The van der Waals surface area contributed by atoms with Crippen LogP contribution in [0.2, 0.25) is 0 Å². The third-order valence-corrected chi connectivity index (χ3v) is 12.0. The zero-order valence-corrected chi connectivity index (χ0v) is 28.2. The summed E-state index contributed by atoms with van der Waals surface area (Å²) in [5.41, 5.74) is 10.9. The van der Waals surface area contributed by atoms with E-state index in [1.165, 1.54) is 54.2 Å². The maximum atomic E-state index is 2.53. The first kappa shape index (κ1) is 29.6. The number of hydrogen-bond acceptors (Lipinski definition) is 2. The summed E-state index contributed by atoms with van der Waals surface area (Å²) >= 11 is 2.03. The highest BCUT2D eigenvalue weighted by Gasteiger charge is 2.56. The number of aryl methyl sites for hydroxylation is 1. The van der Waals surface area contributed by atoms with Crippen LogP contribution < -0.4 is 4.90 Å². The van der Waals surface area contributed by atoms with Gasteiger partial charge in [0.1, 0.15) is 0 Å². The zero-order valence-electron chi connectivity index (χ0n) is 27.3. The highest BCUT2D eigenvalue weighted by molar-refractivity contribution is 7.19. The van der Waals surface area contributed by atoms with E-state index in [0.717, 1.165) is 6.42 Å². The molecule has 3 aliphatic carbocycles. The quantitative estimate of drug-likeness (QED) is 0.198. The maximum Gasteiger partial charge on any atom is 0.0497 e. The molecular weight excluding hydrogens is 563 g/mol. The molecule has 45 heavy (non-hydrogen) atoms. The second-order valence-corrected chi connectivity index (χ2v) is 14.6. The SMILES string of the molecule is C/C=C(\C=C/C(C)N(c1ccccc1)c1cccc(C)c1)c1cccc2c3c(sc12)C1C2=C(C=CC=CC2)C(C)(C)C1(C)C=C3. The Morgan fingerprint density at radius 2 is 1.71 bits per heavy atom. The maximum absolute atomic E-state index is 2.53. The number of nitrogens with zero attached hydrogens (tertiary/aromatic N) is 1. The van der Waals surface area contributed by atoms with Crippen molar-refractivity contribution in [3.8, 4) is 0 Å². The van der Waals surface area contributed by atoms with E-state index in [-0.39, 0.29) is 16.9 Å². The molecule has 226 valence electrons. The van der Waals surface area contributed by atoms with E-state index in [2.05, 4.69) is 174 Å². The molecule has 0 bridgehead atoms. The molecule has 0 N–H and O–H groups in total. The Labute approximate surface area is 273 Å². The van der Waals surface area contributed by atoms with Gasteiger partial charge < -0.3 is 4.90 Å². The molecule has 0 fully saturated rings. The Kier molecular flexibility index (Phi) is 7.45. The average molecular weight is 606 g/mol. The fourth-order valence-electron chi connectivity index (χ4n) is 7.96. The van der Waals surface area contributed by atoms with Crippen LogP contribution in [0.25, 0.3) is 21.7 Å². The third-order valence-electron chi connectivity index (χ3n) is 10.7. The Morgan fingerprint density at radius 1 is 0.933 bits per heavy atom. The van der Waals surface area contributed by atoms with Gasteiger partial charge in [-0.15, -0.1) is 11.3 Å². The lowest BCUT2D eigenvalue weighted by molar-refractivity contribution is 0.197. The molecule has 1 nitrogen and oxygen atoms in total. The van der Waals surface area contributed by atoms with Crippen molar-refractivity contribution in [3.63, 3.8) is 0 Å². The molecule has 7 rings (SSSR count). The van der Waals surface area contributed by atoms with Crippen LogP contribution in [0.1, 0.15) is 68.5 Å². The molecule has 4 aromatic rings. The van der Waals surface area contributed by atoms with Crippen molar-refractivity contribution < 1.29 is 0 Å². The van der Waals surface area contributed by atoms with Crippen molar-refractivity contribution in [2.24, 2.45) is 10.8 Å². The molecule has 2 heteroatoms. The molecule has 1 aromatic heterocycles. The number of benzene rings is 3. The molecule has 0 radical (unpaired) electrons. The molecule has 0 saturated carbocycles. The smallest absolute Gasteiger partial charge is 0.0497 e. The van der Waals surface area contributed by atoms with Gasteiger partial charge in [-0.1, -0.05) is 130 Å². The third kappa shape index (κ3) is 4.73. The molecule has 0 amide bonds. The van der Waals surface area contributed by atoms with Gasteiger partial charge in [0.05, 0.1) is 0 Å². The fraction of sp³-hybridized carbons (Fsp3) is 0.256. The number of anilines is 2. The largest absolute Gasteiger partial charge is 0.335 e. The van der Waals surface area contributed by atoms with E-state index < -0.39 is 0 Å². The van der Waals surface area contributed by atoms with E-state index in [1.807, 2.05) is 11.3 Å². The van der Waals surface area contributed by atoms with Crippen LogP contribution in [0, 0.1) is 17.8 Å². The zero-order chi connectivity index (χ0) is 31.3. The molecule has 3 atom stereocenters. The van der Waals surface area contributed by atoms with Gasteiger partial charge in [-0.3, -0.25) is 0 Å². The lowest BCUT2D eigenvalue weighted by atomic mass is 9.60. The van der Waals surface area contributed by atoms with Gasteiger partial charge in [-0.2, -0.15) is 0 Å².